The third kappa shape index (κ3) is 5.49. The molecule has 32 heavy (non-hydrogen) atoms. The molecule has 0 saturated heterocycles. The van der Waals surface area contributed by atoms with Crippen LogP contribution in [0, 0.1) is 0 Å². The highest BCUT2D eigenvalue weighted by atomic mass is 16.5. The first kappa shape index (κ1) is 22.3. The first-order valence-electron chi connectivity index (χ1n) is 11.6. The number of aromatic nitrogens is 2. The van der Waals surface area contributed by atoms with E-state index in [1.54, 1.807) is 13.4 Å². The topological polar surface area (TPSA) is 50.7 Å². The van der Waals surface area contributed by atoms with Gasteiger partial charge in [-0.25, -0.2) is 9.97 Å². The Morgan fingerprint density at radius 1 is 0.969 bits per heavy atom. The van der Waals surface area contributed by atoms with Crippen molar-refractivity contribution >= 4 is 16.7 Å². The van der Waals surface area contributed by atoms with Crippen molar-refractivity contribution < 1.29 is 9.47 Å². The highest BCUT2D eigenvalue weighted by molar-refractivity contribution is 5.89. The number of rotatable bonds is 10. The number of nitrogens with zero attached hydrogens (tertiary/aromatic N) is 4. The molecule has 0 amide bonds. The average molecular weight is 435 g/mol. The van der Waals surface area contributed by atoms with Crippen LogP contribution in [-0.2, 0) is 6.54 Å². The molecule has 0 N–H and O–H groups in total. The molecule has 0 aliphatic heterocycles. The van der Waals surface area contributed by atoms with Crippen LogP contribution in [0.5, 0.6) is 11.5 Å². The second-order valence-corrected chi connectivity index (χ2v) is 8.80. The van der Waals surface area contributed by atoms with Crippen molar-refractivity contribution in [1.82, 2.24) is 14.9 Å². The predicted octanol–water partition coefficient (Wildman–Crippen LogP) is 4.92. The van der Waals surface area contributed by atoms with Gasteiger partial charge >= 0.3 is 0 Å². The number of fused-ring (bicyclic) bond motifs is 1. The van der Waals surface area contributed by atoms with Crippen LogP contribution in [0.2, 0.25) is 0 Å². The van der Waals surface area contributed by atoms with Crippen LogP contribution in [0.25, 0.3) is 10.9 Å². The number of benzene rings is 2. The minimum absolute atomic E-state index is 0.293. The Balaban J connectivity index is 1.61. The Morgan fingerprint density at radius 3 is 2.56 bits per heavy atom. The van der Waals surface area contributed by atoms with Gasteiger partial charge in [0.25, 0.3) is 0 Å². The van der Waals surface area contributed by atoms with E-state index < -0.39 is 0 Å². The van der Waals surface area contributed by atoms with Crippen molar-refractivity contribution in [3.05, 3.63) is 54.4 Å². The maximum Gasteiger partial charge on any atom is 0.161 e. The van der Waals surface area contributed by atoms with Gasteiger partial charge in [0, 0.05) is 18.5 Å². The second kappa shape index (κ2) is 10.6. The van der Waals surface area contributed by atoms with E-state index in [-0.39, 0.29) is 0 Å². The van der Waals surface area contributed by atoms with Gasteiger partial charge in [0.1, 0.15) is 12.1 Å². The fourth-order valence-corrected chi connectivity index (χ4v) is 4.40. The standard InChI is InChI=1S/C26H34N4O2/c1-29(2)15-8-16-30(26-22-11-6-7-12-23(22)27-19-28-26)18-20-13-14-24(31-3)25(17-20)32-21-9-4-5-10-21/h6-7,11-14,17,19,21H,4-5,8-10,15-16,18H2,1-3H3. The molecular formula is C26H34N4O2. The number of para-hydroxylation sites is 1. The van der Waals surface area contributed by atoms with Crippen LogP contribution in [-0.4, -0.2) is 55.3 Å². The fraction of sp³-hybridized carbons (Fsp3) is 0.462. The van der Waals surface area contributed by atoms with Crippen molar-refractivity contribution in [2.45, 2.75) is 44.8 Å². The highest BCUT2D eigenvalue weighted by Gasteiger charge is 2.20. The summed E-state index contributed by atoms with van der Waals surface area (Å²) in [5.41, 5.74) is 2.15. The predicted molar refractivity (Wildman–Crippen MR) is 130 cm³/mol. The van der Waals surface area contributed by atoms with Crippen molar-refractivity contribution in [3.63, 3.8) is 0 Å². The van der Waals surface area contributed by atoms with Crippen LogP contribution in [0.1, 0.15) is 37.7 Å². The summed E-state index contributed by atoms with van der Waals surface area (Å²) in [7, 11) is 5.93. The summed E-state index contributed by atoms with van der Waals surface area (Å²) in [4.78, 5) is 13.7. The van der Waals surface area contributed by atoms with Gasteiger partial charge in [-0.3, -0.25) is 0 Å². The largest absolute Gasteiger partial charge is 0.493 e. The molecule has 2 aromatic carbocycles. The zero-order valence-electron chi connectivity index (χ0n) is 19.5. The molecule has 1 heterocycles. The molecule has 170 valence electrons. The molecule has 6 heteroatoms. The van der Waals surface area contributed by atoms with E-state index in [0.717, 1.165) is 67.1 Å². The van der Waals surface area contributed by atoms with E-state index in [9.17, 15) is 0 Å². The van der Waals surface area contributed by atoms with Gasteiger partial charge in [-0.05, 0) is 82.6 Å². The van der Waals surface area contributed by atoms with Gasteiger partial charge in [0.2, 0.25) is 0 Å². The molecule has 0 spiro atoms. The Hall–Kier alpha value is -2.86. The Bertz CT molecular complexity index is 1010. The number of hydrogen-bond donors (Lipinski definition) is 0. The zero-order chi connectivity index (χ0) is 22.3. The first-order chi connectivity index (χ1) is 15.6. The molecule has 0 atom stereocenters. The minimum Gasteiger partial charge on any atom is -0.493 e. The van der Waals surface area contributed by atoms with Gasteiger partial charge in [-0.15, -0.1) is 0 Å². The number of methoxy groups -OCH3 is 1. The third-order valence-corrected chi connectivity index (χ3v) is 6.05. The molecule has 1 saturated carbocycles. The van der Waals surface area contributed by atoms with E-state index in [4.69, 9.17) is 9.47 Å². The lowest BCUT2D eigenvalue weighted by atomic mass is 10.1. The smallest absolute Gasteiger partial charge is 0.161 e. The van der Waals surface area contributed by atoms with Crippen LogP contribution in [0.15, 0.2) is 48.8 Å². The van der Waals surface area contributed by atoms with E-state index in [0.29, 0.717) is 6.10 Å². The average Bonchev–Trinajstić information content (AvgIpc) is 3.31. The zero-order valence-corrected chi connectivity index (χ0v) is 19.5. The third-order valence-electron chi connectivity index (χ3n) is 6.05. The summed E-state index contributed by atoms with van der Waals surface area (Å²) in [5, 5.41) is 1.08. The molecule has 0 bridgehead atoms. The summed E-state index contributed by atoms with van der Waals surface area (Å²) in [5.74, 6) is 2.62. The van der Waals surface area contributed by atoms with Crippen LogP contribution in [0.3, 0.4) is 0 Å². The lowest BCUT2D eigenvalue weighted by Crippen LogP contribution is -2.28. The van der Waals surface area contributed by atoms with E-state index in [1.807, 2.05) is 24.3 Å². The monoisotopic (exact) mass is 434 g/mol. The number of anilines is 1. The van der Waals surface area contributed by atoms with Crippen LogP contribution >= 0.6 is 0 Å². The maximum absolute atomic E-state index is 6.33. The van der Waals surface area contributed by atoms with Gasteiger partial charge in [-0.1, -0.05) is 18.2 Å². The summed E-state index contributed by atoms with van der Waals surface area (Å²) < 4.78 is 11.9. The van der Waals surface area contributed by atoms with Crippen LogP contribution in [0.4, 0.5) is 5.82 Å². The van der Waals surface area contributed by atoms with E-state index in [2.05, 4.69) is 52.1 Å². The van der Waals surface area contributed by atoms with E-state index >= 15 is 0 Å². The Kier molecular flexibility index (Phi) is 7.43. The lowest BCUT2D eigenvalue weighted by molar-refractivity contribution is 0.200. The van der Waals surface area contributed by atoms with Gasteiger partial charge in [-0.2, -0.15) is 0 Å². The SMILES string of the molecule is COc1ccc(CN(CCCN(C)C)c2ncnc3ccccc23)cc1OC1CCCC1. The Labute approximate surface area is 191 Å². The summed E-state index contributed by atoms with van der Waals surface area (Å²) in [6, 6.07) is 14.5. The molecule has 0 radical (unpaired) electrons. The summed E-state index contributed by atoms with van der Waals surface area (Å²) in [6.45, 7) is 2.68. The Morgan fingerprint density at radius 2 is 1.78 bits per heavy atom. The first-order valence-corrected chi connectivity index (χ1v) is 11.6. The summed E-state index contributed by atoms with van der Waals surface area (Å²) in [6.07, 6.45) is 7.74. The van der Waals surface area contributed by atoms with Gasteiger partial charge < -0.3 is 19.3 Å². The molecule has 1 aromatic heterocycles. The molecule has 1 aliphatic carbocycles. The second-order valence-electron chi connectivity index (χ2n) is 8.80. The molecule has 1 fully saturated rings. The van der Waals surface area contributed by atoms with Crippen molar-refractivity contribution in [3.8, 4) is 11.5 Å². The highest BCUT2D eigenvalue weighted by Crippen LogP contribution is 2.33. The van der Waals surface area contributed by atoms with Gasteiger partial charge in [0.15, 0.2) is 11.5 Å². The van der Waals surface area contributed by atoms with Crippen molar-refractivity contribution in [2.75, 3.05) is 39.2 Å². The maximum atomic E-state index is 6.33. The molecule has 1 aliphatic rings. The quantitative estimate of drug-likeness (QED) is 0.452. The normalized spacial score (nSPS) is 14.2. The minimum atomic E-state index is 0.293. The van der Waals surface area contributed by atoms with Crippen molar-refractivity contribution in [2.24, 2.45) is 0 Å². The van der Waals surface area contributed by atoms with Crippen LogP contribution < -0.4 is 14.4 Å². The molecule has 0 unspecified atom stereocenters. The molecule has 6 nitrogen and oxygen atoms in total. The fourth-order valence-electron chi connectivity index (χ4n) is 4.40. The molecule has 3 aromatic rings. The summed E-state index contributed by atoms with van der Waals surface area (Å²) >= 11 is 0. The van der Waals surface area contributed by atoms with Crippen molar-refractivity contribution in [1.29, 1.82) is 0 Å². The van der Waals surface area contributed by atoms with E-state index in [1.165, 1.54) is 18.4 Å². The number of hydrogen-bond acceptors (Lipinski definition) is 6. The number of ether oxygens (including phenoxy) is 2. The molecular weight excluding hydrogens is 400 g/mol. The lowest BCUT2D eigenvalue weighted by Gasteiger charge is -2.26. The molecule has 4 rings (SSSR count). The van der Waals surface area contributed by atoms with Gasteiger partial charge in [0.05, 0.1) is 18.7 Å².